The molecule has 1 aliphatic carbocycles. The summed E-state index contributed by atoms with van der Waals surface area (Å²) < 4.78 is 5.53. The number of hydrogen-bond acceptors (Lipinski definition) is 2. The van der Waals surface area contributed by atoms with E-state index in [9.17, 15) is 4.79 Å². The second-order valence-corrected chi connectivity index (χ2v) is 6.11. The van der Waals surface area contributed by atoms with Crippen molar-refractivity contribution in [3.63, 3.8) is 0 Å². The summed E-state index contributed by atoms with van der Waals surface area (Å²) in [7, 11) is 0. The van der Waals surface area contributed by atoms with Gasteiger partial charge in [-0.15, -0.1) is 0 Å². The molecule has 0 radical (unpaired) electrons. The minimum absolute atomic E-state index is 0.159. The Morgan fingerprint density at radius 2 is 2.11 bits per heavy atom. The molecule has 0 spiro atoms. The van der Waals surface area contributed by atoms with Crippen molar-refractivity contribution < 1.29 is 9.53 Å². The van der Waals surface area contributed by atoms with E-state index in [0.717, 1.165) is 25.2 Å². The Hall–Kier alpha value is -1.02. The highest BCUT2D eigenvalue weighted by molar-refractivity contribution is 6.30. The van der Waals surface area contributed by atoms with Crippen molar-refractivity contribution in [2.24, 2.45) is 17.8 Å². The molecule has 2 nitrogen and oxygen atoms in total. The van der Waals surface area contributed by atoms with Gasteiger partial charge in [0, 0.05) is 10.9 Å². The summed E-state index contributed by atoms with van der Waals surface area (Å²) in [6.07, 6.45) is 3.15. The third kappa shape index (κ3) is 3.97. The van der Waals surface area contributed by atoms with E-state index in [1.807, 2.05) is 12.1 Å². The van der Waals surface area contributed by atoms with E-state index in [0.29, 0.717) is 16.7 Å². The zero-order valence-corrected chi connectivity index (χ0v) is 12.3. The first-order valence-corrected chi connectivity index (χ1v) is 7.35. The van der Waals surface area contributed by atoms with Gasteiger partial charge in [-0.3, -0.25) is 4.79 Å². The van der Waals surface area contributed by atoms with E-state index < -0.39 is 0 Å². The van der Waals surface area contributed by atoms with Crippen molar-refractivity contribution in [3.05, 3.63) is 29.3 Å². The van der Waals surface area contributed by atoms with Crippen molar-refractivity contribution in [1.82, 2.24) is 0 Å². The monoisotopic (exact) mass is 280 g/mol. The third-order valence-corrected chi connectivity index (χ3v) is 4.47. The molecular formula is C16H21ClO2. The molecule has 0 heterocycles. The molecule has 0 aromatic heterocycles. The van der Waals surface area contributed by atoms with Crippen molar-refractivity contribution >= 4 is 17.4 Å². The maximum Gasteiger partial charge on any atom is 0.173 e. The van der Waals surface area contributed by atoms with Gasteiger partial charge >= 0.3 is 0 Å². The molecule has 2 rings (SSSR count). The summed E-state index contributed by atoms with van der Waals surface area (Å²) >= 11 is 5.88. The first-order valence-electron chi connectivity index (χ1n) is 6.97. The Kier molecular flexibility index (Phi) is 4.87. The minimum Gasteiger partial charge on any atom is -0.486 e. The van der Waals surface area contributed by atoms with Gasteiger partial charge in [0.15, 0.2) is 5.78 Å². The molecule has 104 valence electrons. The molecule has 1 aliphatic rings. The van der Waals surface area contributed by atoms with Crippen molar-refractivity contribution in [3.8, 4) is 5.75 Å². The Balaban J connectivity index is 1.84. The predicted octanol–water partition coefficient (Wildman–Crippen LogP) is 4.36. The predicted molar refractivity (Wildman–Crippen MR) is 77.6 cm³/mol. The van der Waals surface area contributed by atoms with Crippen molar-refractivity contribution in [2.45, 2.75) is 33.1 Å². The van der Waals surface area contributed by atoms with E-state index in [-0.39, 0.29) is 18.3 Å². The highest BCUT2D eigenvalue weighted by Gasteiger charge is 2.29. The van der Waals surface area contributed by atoms with Gasteiger partial charge in [-0.1, -0.05) is 31.5 Å². The number of carbonyl (C=O) groups excluding carboxylic acids is 1. The average molecular weight is 281 g/mol. The maximum absolute atomic E-state index is 12.2. The van der Waals surface area contributed by atoms with Gasteiger partial charge < -0.3 is 4.74 Å². The molecule has 19 heavy (non-hydrogen) atoms. The summed E-state index contributed by atoms with van der Waals surface area (Å²) in [6.45, 7) is 4.67. The fourth-order valence-corrected chi connectivity index (χ4v) is 2.85. The summed E-state index contributed by atoms with van der Waals surface area (Å²) in [5.74, 6) is 2.42. The molecule has 0 bridgehead atoms. The molecule has 1 fully saturated rings. The Labute approximate surface area is 120 Å². The number of Topliss-reactive ketones (excluding diaryl/α,β-unsaturated/α-hetero) is 1. The van der Waals surface area contributed by atoms with Gasteiger partial charge in [0.2, 0.25) is 0 Å². The summed E-state index contributed by atoms with van der Waals surface area (Å²) in [5, 5.41) is 0.630. The second-order valence-electron chi connectivity index (χ2n) is 5.68. The largest absolute Gasteiger partial charge is 0.486 e. The first kappa shape index (κ1) is 14.4. The molecule has 0 saturated heterocycles. The second kappa shape index (κ2) is 6.42. The van der Waals surface area contributed by atoms with Gasteiger partial charge in [-0.05, 0) is 49.3 Å². The van der Waals surface area contributed by atoms with E-state index in [2.05, 4.69) is 13.8 Å². The minimum atomic E-state index is 0.159. The number of ether oxygens (including phenoxy) is 1. The molecule has 0 aliphatic heterocycles. The van der Waals surface area contributed by atoms with Crippen LogP contribution in [0.25, 0.3) is 0 Å². The molecule has 3 unspecified atom stereocenters. The molecule has 0 N–H and O–H groups in total. The van der Waals surface area contributed by atoms with Crippen LogP contribution in [0, 0.1) is 17.8 Å². The number of benzene rings is 1. The van der Waals surface area contributed by atoms with Crippen LogP contribution in [0.4, 0.5) is 0 Å². The summed E-state index contributed by atoms with van der Waals surface area (Å²) in [5.41, 5.74) is 0. The van der Waals surface area contributed by atoms with Crippen molar-refractivity contribution in [2.75, 3.05) is 6.61 Å². The lowest BCUT2D eigenvalue weighted by Gasteiger charge is -2.31. The number of carbonyl (C=O) groups is 1. The highest BCUT2D eigenvalue weighted by atomic mass is 35.5. The lowest BCUT2D eigenvalue weighted by atomic mass is 9.74. The van der Waals surface area contributed by atoms with E-state index >= 15 is 0 Å². The molecule has 0 amide bonds. The van der Waals surface area contributed by atoms with Gasteiger partial charge in [0.05, 0.1) is 0 Å². The molecule has 1 aromatic rings. The van der Waals surface area contributed by atoms with Crippen LogP contribution in [0.15, 0.2) is 24.3 Å². The number of rotatable bonds is 4. The Bertz CT molecular complexity index is 444. The van der Waals surface area contributed by atoms with Crippen LogP contribution < -0.4 is 4.74 Å². The third-order valence-electron chi connectivity index (χ3n) is 4.23. The van der Waals surface area contributed by atoms with Crippen LogP contribution in [0.3, 0.4) is 0 Å². The van der Waals surface area contributed by atoms with E-state index in [4.69, 9.17) is 16.3 Å². The lowest BCUT2D eigenvalue weighted by Crippen LogP contribution is -2.29. The molecule has 1 saturated carbocycles. The topological polar surface area (TPSA) is 26.3 Å². The quantitative estimate of drug-likeness (QED) is 0.819. The SMILES string of the molecule is CC1CCC(C(=O)COc2cccc(Cl)c2)CC1C. The Morgan fingerprint density at radius 1 is 1.32 bits per heavy atom. The van der Waals surface area contributed by atoms with Crippen LogP contribution in [-0.4, -0.2) is 12.4 Å². The molecule has 3 atom stereocenters. The number of hydrogen-bond donors (Lipinski definition) is 0. The van der Waals surface area contributed by atoms with Gasteiger partial charge in [0.25, 0.3) is 0 Å². The maximum atomic E-state index is 12.2. The molecule has 3 heteroatoms. The molecular weight excluding hydrogens is 260 g/mol. The highest BCUT2D eigenvalue weighted by Crippen LogP contribution is 2.33. The Morgan fingerprint density at radius 3 is 2.79 bits per heavy atom. The zero-order valence-electron chi connectivity index (χ0n) is 11.6. The van der Waals surface area contributed by atoms with Crippen LogP contribution in [0.1, 0.15) is 33.1 Å². The normalized spacial score (nSPS) is 27.0. The van der Waals surface area contributed by atoms with Crippen LogP contribution in [-0.2, 0) is 4.79 Å². The van der Waals surface area contributed by atoms with E-state index in [1.165, 1.54) is 0 Å². The molecule has 1 aromatic carbocycles. The fraction of sp³-hybridized carbons (Fsp3) is 0.562. The average Bonchev–Trinajstić information content (AvgIpc) is 2.39. The summed E-state index contributed by atoms with van der Waals surface area (Å²) in [4.78, 5) is 12.2. The standard InChI is InChI=1S/C16H21ClO2/c1-11-6-7-13(8-12(11)2)16(18)10-19-15-5-3-4-14(17)9-15/h3-5,9,11-13H,6-8,10H2,1-2H3. The van der Waals surface area contributed by atoms with Gasteiger partial charge in [0.1, 0.15) is 12.4 Å². The summed E-state index contributed by atoms with van der Waals surface area (Å²) in [6, 6.07) is 7.18. The zero-order chi connectivity index (χ0) is 13.8. The number of ketones is 1. The van der Waals surface area contributed by atoms with E-state index in [1.54, 1.807) is 12.1 Å². The van der Waals surface area contributed by atoms with Gasteiger partial charge in [-0.25, -0.2) is 0 Å². The number of halogens is 1. The van der Waals surface area contributed by atoms with Crippen LogP contribution in [0.5, 0.6) is 5.75 Å². The van der Waals surface area contributed by atoms with Gasteiger partial charge in [-0.2, -0.15) is 0 Å². The van der Waals surface area contributed by atoms with Crippen molar-refractivity contribution in [1.29, 1.82) is 0 Å². The first-order chi connectivity index (χ1) is 9.06. The lowest BCUT2D eigenvalue weighted by molar-refractivity contribution is -0.126. The fourth-order valence-electron chi connectivity index (χ4n) is 2.67. The van der Waals surface area contributed by atoms with Crippen LogP contribution in [0.2, 0.25) is 5.02 Å². The smallest absolute Gasteiger partial charge is 0.173 e. The van der Waals surface area contributed by atoms with Crippen LogP contribution >= 0.6 is 11.6 Å².